The molecule has 258 valence electrons. The van der Waals surface area contributed by atoms with Crippen molar-refractivity contribution in [2.75, 3.05) is 18.1 Å². The predicted molar refractivity (Wildman–Crippen MR) is 197 cm³/mol. The van der Waals surface area contributed by atoms with Crippen LogP contribution < -0.4 is 9.64 Å². The molecule has 7 rings (SSSR count). The van der Waals surface area contributed by atoms with Gasteiger partial charge in [0.05, 0.1) is 39.6 Å². The number of carboxylic acid groups (broad SMARTS) is 1. The quantitative estimate of drug-likeness (QED) is 0.159. The second kappa shape index (κ2) is 12.5. The monoisotopic (exact) mass is 712 g/mol. The van der Waals surface area contributed by atoms with E-state index in [-0.39, 0.29) is 17.5 Å². The van der Waals surface area contributed by atoms with Gasteiger partial charge in [0.25, 0.3) is 5.91 Å². The number of hydrogen-bond acceptors (Lipinski definition) is 5. The molecule has 1 amide bonds. The topological polar surface area (TPSA) is 107 Å². The van der Waals surface area contributed by atoms with Crippen molar-refractivity contribution < 1.29 is 19.4 Å². The van der Waals surface area contributed by atoms with Crippen molar-refractivity contribution >= 4 is 62.6 Å². The maximum absolute atomic E-state index is 15.0. The molecule has 0 bridgehead atoms. The van der Waals surface area contributed by atoms with Crippen LogP contribution in [-0.2, 0) is 20.5 Å². The Morgan fingerprint density at radius 3 is 2.38 bits per heavy atom. The number of carboxylic acids is 1. The maximum Gasteiger partial charge on any atom is 0.335 e. The Morgan fingerprint density at radius 2 is 1.72 bits per heavy atom. The van der Waals surface area contributed by atoms with E-state index in [0.717, 1.165) is 60.9 Å². The molecule has 0 aliphatic carbocycles. The Kier molecular flexibility index (Phi) is 8.43. The number of anilines is 1. The third-order valence-electron chi connectivity index (χ3n) is 9.82. The van der Waals surface area contributed by atoms with Gasteiger partial charge in [-0.3, -0.25) is 14.2 Å². The average molecular weight is 714 g/mol. The Labute approximate surface area is 299 Å². The number of carbonyl (C=O) groups is 2. The average Bonchev–Trinajstić information content (AvgIpc) is 3.69. The van der Waals surface area contributed by atoms with E-state index in [0.29, 0.717) is 53.3 Å². The third kappa shape index (κ3) is 5.41. The van der Waals surface area contributed by atoms with E-state index in [4.69, 9.17) is 33.0 Å². The van der Waals surface area contributed by atoms with Crippen molar-refractivity contribution in [2.45, 2.75) is 53.5 Å². The summed E-state index contributed by atoms with van der Waals surface area (Å²) in [6.07, 6.45) is 3.02. The number of fused-ring (bicyclic) bond motifs is 4. The molecule has 1 atom stereocenters. The van der Waals surface area contributed by atoms with Gasteiger partial charge in [-0.05, 0) is 94.5 Å². The van der Waals surface area contributed by atoms with Gasteiger partial charge < -0.3 is 19.3 Å². The summed E-state index contributed by atoms with van der Waals surface area (Å²) in [5.74, 6) is -0.549. The van der Waals surface area contributed by atoms with Crippen LogP contribution in [0.5, 0.6) is 5.75 Å². The number of benzene rings is 3. The Morgan fingerprint density at radius 1 is 1.00 bits per heavy atom. The highest BCUT2D eigenvalue weighted by Crippen LogP contribution is 2.45. The molecule has 3 aromatic heterocycles. The lowest BCUT2D eigenvalue weighted by Gasteiger charge is -2.34. The number of hydrogen-bond donors (Lipinski definition) is 1. The molecule has 50 heavy (non-hydrogen) atoms. The second-order valence-corrected chi connectivity index (χ2v) is 14.1. The molecular weight excluding hydrogens is 675 g/mol. The number of carbonyl (C=O) groups excluding carboxylic acids is 1. The van der Waals surface area contributed by atoms with Gasteiger partial charge in [-0.15, -0.1) is 0 Å². The fraction of sp³-hybridized carbons (Fsp3) is 0.316. The number of aryl methyl sites for hydroxylation is 6. The lowest BCUT2D eigenvalue weighted by molar-refractivity contribution is 0.0696. The summed E-state index contributed by atoms with van der Waals surface area (Å²) in [7, 11) is 3.69. The van der Waals surface area contributed by atoms with Crippen LogP contribution in [-0.4, -0.2) is 54.3 Å². The van der Waals surface area contributed by atoms with Gasteiger partial charge in [0.2, 0.25) is 0 Å². The van der Waals surface area contributed by atoms with E-state index < -0.39 is 5.97 Å². The van der Waals surface area contributed by atoms with Crippen molar-refractivity contribution in [3.63, 3.8) is 0 Å². The molecule has 4 heterocycles. The normalized spacial score (nSPS) is 14.6. The van der Waals surface area contributed by atoms with Gasteiger partial charge in [0.15, 0.2) is 0 Å². The van der Waals surface area contributed by atoms with Gasteiger partial charge in [0, 0.05) is 65.5 Å². The van der Waals surface area contributed by atoms with Crippen LogP contribution in [0.1, 0.15) is 68.3 Å². The van der Waals surface area contributed by atoms with Crippen molar-refractivity contribution in [3.05, 3.63) is 92.0 Å². The minimum atomic E-state index is -1.08. The molecule has 0 fully saturated rings. The zero-order chi connectivity index (χ0) is 35.8. The maximum atomic E-state index is 15.0. The van der Waals surface area contributed by atoms with E-state index >= 15 is 0 Å². The number of halogens is 2. The molecule has 6 aromatic rings. The highest BCUT2D eigenvalue weighted by atomic mass is 35.5. The van der Waals surface area contributed by atoms with Gasteiger partial charge in [-0.25, -0.2) is 4.79 Å². The van der Waals surface area contributed by atoms with Crippen molar-refractivity contribution in [2.24, 2.45) is 14.1 Å². The predicted octanol–water partition coefficient (Wildman–Crippen LogP) is 8.40. The zero-order valence-corrected chi connectivity index (χ0v) is 30.6. The summed E-state index contributed by atoms with van der Waals surface area (Å²) < 4.78 is 11.8. The van der Waals surface area contributed by atoms with Crippen molar-refractivity contribution in [1.82, 2.24) is 24.1 Å². The largest absolute Gasteiger partial charge is 0.494 e. The first kappa shape index (κ1) is 33.7. The standard InChI is InChI=1S/C38H38Cl2N6O4/c1-19-13-25(14-20(2)34(19)40)50-12-8-9-26-27-10-11-29(39)33(32-22(4)41-44(7)23(32)5)35(27)46-21(3)17-45(37(47)36(26)46)31-16-24(38(48)49)15-30-28(31)18-43(6)42-30/h10-11,13-16,18,21H,8-9,12,17H2,1-7H3,(H,48,49). The number of rotatable bonds is 8. The van der Waals surface area contributed by atoms with Crippen LogP contribution in [0.3, 0.4) is 0 Å². The van der Waals surface area contributed by atoms with Crippen LogP contribution >= 0.6 is 23.2 Å². The summed E-state index contributed by atoms with van der Waals surface area (Å²) in [5.41, 5.74) is 8.94. The minimum absolute atomic E-state index is 0.0689. The second-order valence-electron chi connectivity index (χ2n) is 13.3. The fourth-order valence-electron chi connectivity index (χ4n) is 7.51. The van der Waals surface area contributed by atoms with Crippen LogP contribution in [0.25, 0.3) is 32.9 Å². The molecule has 10 nitrogen and oxygen atoms in total. The van der Waals surface area contributed by atoms with Crippen molar-refractivity contribution in [1.29, 1.82) is 0 Å². The lowest BCUT2D eigenvalue weighted by atomic mass is 9.98. The van der Waals surface area contributed by atoms with E-state index in [1.54, 1.807) is 22.7 Å². The van der Waals surface area contributed by atoms with Gasteiger partial charge in [0.1, 0.15) is 11.4 Å². The molecule has 1 unspecified atom stereocenters. The smallest absolute Gasteiger partial charge is 0.335 e. The van der Waals surface area contributed by atoms with Crippen LogP contribution in [0.15, 0.2) is 42.6 Å². The Balaban J connectivity index is 1.39. The highest BCUT2D eigenvalue weighted by Gasteiger charge is 2.37. The van der Waals surface area contributed by atoms with Crippen molar-refractivity contribution in [3.8, 4) is 16.9 Å². The third-order valence-corrected chi connectivity index (χ3v) is 10.7. The number of amides is 1. The Hall–Kier alpha value is -4.80. The molecule has 3 aromatic carbocycles. The first-order valence-electron chi connectivity index (χ1n) is 16.5. The summed E-state index contributed by atoms with van der Waals surface area (Å²) in [6, 6.07) is 10.7. The molecule has 1 aliphatic heterocycles. The van der Waals surface area contributed by atoms with Gasteiger partial charge >= 0.3 is 5.97 Å². The lowest BCUT2D eigenvalue weighted by Crippen LogP contribution is -2.43. The molecule has 1 N–H and O–H groups in total. The first-order valence-corrected chi connectivity index (χ1v) is 17.3. The molecular formula is C38H38Cl2N6O4. The number of nitrogens with zero attached hydrogens (tertiary/aromatic N) is 6. The molecule has 0 saturated carbocycles. The van der Waals surface area contributed by atoms with E-state index in [9.17, 15) is 14.7 Å². The molecule has 12 heteroatoms. The number of ether oxygens (including phenoxy) is 1. The molecule has 1 aliphatic rings. The Bertz CT molecular complexity index is 2360. The first-order chi connectivity index (χ1) is 23.8. The van der Waals surface area contributed by atoms with E-state index in [2.05, 4.69) is 16.6 Å². The number of aromatic nitrogens is 5. The van der Waals surface area contributed by atoms with Crippen LogP contribution in [0.4, 0.5) is 5.69 Å². The number of aromatic carboxylic acids is 1. The minimum Gasteiger partial charge on any atom is -0.494 e. The molecule has 0 saturated heterocycles. The van der Waals surface area contributed by atoms with E-state index in [1.165, 1.54) is 6.07 Å². The fourth-order valence-corrected chi connectivity index (χ4v) is 7.86. The van der Waals surface area contributed by atoms with Gasteiger partial charge in [-0.2, -0.15) is 10.2 Å². The highest BCUT2D eigenvalue weighted by molar-refractivity contribution is 6.35. The van der Waals surface area contributed by atoms with Gasteiger partial charge in [-0.1, -0.05) is 29.3 Å². The summed E-state index contributed by atoms with van der Waals surface area (Å²) in [4.78, 5) is 28.8. The SMILES string of the molecule is Cc1cc(OCCCc2c3n(c4c(-c5c(C)nn(C)c5C)c(Cl)ccc24)C(C)CN(c2cc(C(=O)O)cc4nn(C)cc24)C3=O)cc(C)c1Cl. The summed E-state index contributed by atoms with van der Waals surface area (Å²) >= 11 is 13.4. The molecule has 0 spiro atoms. The summed E-state index contributed by atoms with van der Waals surface area (Å²) in [6.45, 7) is 10.7. The van der Waals surface area contributed by atoms with Crippen LogP contribution in [0, 0.1) is 27.7 Å². The zero-order valence-electron chi connectivity index (χ0n) is 29.1. The molecule has 0 radical (unpaired) electrons. The van der Waals surface area contributed by atoms with Crippen LogP contribution in [0.2, 0.25) is 10.0 Å². The van der Waals surface area contributed by atoms with E-state index in [1.807, 2.05) is 69.9 Å². The summed E-state index contributed by atoms with van der Waals surface area (Å²) in [5, 5.41) is 22.1.